The normalized spacial score (nSPS) is 11.6. The van der Waals surface area contributed by atoms with Crippen LogP contribution in [0.4, 0.5) is 5.69 Å². The summed E-state index contributed by atoms with van der Waals surface area (Å²) in [6, 6.07) is 12.8. The van der Waals surface area contributed by atoms with Gasteiger partial charge in [-0.1, -0.05) is 36.4 Å². The lowest BCUT2D eigenvalue weighted by atomic mass is 10.1. The van der Waals surface area contributed by atoms with Gasteiger partial charge in [-0.15, -0.1) is 0 Å². The van der Waals surface area contributed by atoms with Crippen molar-refractivity contribution >= 4 is 34.3 Å². The molecule has 0 radical (unpaired) electrons. The van der Waals surface area contributed by atoms with Crippen LogP contribution in [0.5, 0.6) is 0 Å². The average molecular weight is 358 g/mol. The van der Waals surface area contributed by atoms with E-state index in [1.165, 1.54) is 7.11 Å². The molecule has 2 rings (SSSR count). The summed E-state index contributed by atoms with van der Waals surface area (Å²) >= 11 is 0. The van der Waals surface area contributed by atoms with Gasteiger partial charge in [-0.25, -0.2) is 4.79 Å². The third-order valence-corrected chi connectivity index (χ3v) is 3.92. The van der Waals surface area contributed by atoms with Gasteiger partial charge in [0.1, 0.15) is 6.04 Å². The Labute approximate surface area is 151 Å². The number of carbonyl (C=O) groups is 3. The number of methoxy groups -OCH3 is 1. The van der Waals surface area contributed by atoms with Crippen LogP contribution in [0, 0.1) is 0 Å². The quantitative estimate of drug-likeness (QED) is 0.594. The van der Waals surface area contributed by atoms with Crippen molar-refractivity contribution in [1.29, 1.82) is 0 Å². The summed E-state index contributed by atoms with van der Waals surface area (Å²) in [6.45, 7) is 0.382. The summed E-state index contributed by atoms with van der Waals surface area (Å²) < 4.78 is 4.61. The number of amides is 1. The lowest BCUT2D eigenvalue weighted by Gasteiger charge is -2.16. The molecule has 0 saturated heterocycles. The molecule has 0 spiro atoms. The predicted molar refractivity (Wildman–Crippen MR) is 97.9 cm³/mol. The van der Waals surface area contributed by atoms with Gasteiger partial charge < -0.3 is 20.5 Å². The Balaban J connectivity index is 1.88. The molecule has 2 aromatic rings. The molecule has 3 N–H and O–H groups in total. The van der Waals surface area contributed by atoms with Crippen LogP contribution in [-0.4, -0.2) is 42.6 Å². The molecule has 0 fully saturated rings. The first-order valence-electron chi connectivity index (χ1n) is 8.32. The van der Waals surface area contributed by atoms with E-state index in [9.17, 15) is 14.4 Å². The van der Waals surface area contributed by atoms with E-state index in [1.807, 2.05) is 42.5 Å². The molecule has 138 valence electrons. The summed E-state index contributed by atoms with van der Waals surface area (Å²) in [7, 11) is 1.20. The number of carboxylic acids is 1. The Morgan fingerprint density at radius 1 is 1.08 bits per heavy atom. The first-order valence-corrected chi connectivity index (χ1v) is 8.32. The third kappa shape index (κ3) is 5.47. The second kappa shape index (κ2) is 9.41. The molecule has 0 aliphatic heterocycles. The lowest BCUT2D eigenvalue weighted by molar-refractivity contribution is -0.146. The molecule has 0 aromatic heterocycles. The van der Waals surface area contributed by atoms with Gasteiger partial charge in [0.15, 0.2) is 0 Å². The average Bonchev–Trinajstić information content (AvgIpc) is 2.64. The molecule has 2 aromatic carbocycles. The first kappa shape index (κ1) is 19.2. The van der Waals surface area contributed by atoms with E-state index in [4.69, 9.17) is 5.11 Å². The second-order valence-corrected chi connectivity index (χ2v) is 5.78. The number of carboxylic acid groups (broad SMARTS) is 1. The van der Waals surface area contributed by atoms with Crippen molar-refractivity contribution in [3.05, 3.63) is 42.5 Å². The highest BCUT2D eigenvalue weighted by Gasteiger charge is 2.22. The van der Waals surface area contributed by atoms with E-state index in [1.54, 1.807) is 0 Å². The van der Waals surface area contributed by atoms with E-state index < -0.39 is 18.0 Å². The lowest BCUT2D eigenvalue weighted by Crippen LogP contribution is -2.42. The van der Waals surface area contributed by atoms with Crippen LogP contribution in [0.25, 0.3) is 10.8 Å². The first-order chi connectivity index (χ1) is 12.5. The van der Waals surface area contributed by atoms with Gasteiger partial charge >= 0.3 is 11.9 Å². The standard InChI is InChI=1S/C19H22N2O5/c1-26-19(25)16(9-10-18(23)24)21-17(22)11-12-20-15-8-4-6-13-5-2-3-7-14(13)15/h2-8,16,20H,9-12H2,1H3,(H,21,22)(H,23,24)/t16-/m0/s1. The zero-order chi connectivity index (χ0) is 18.9. The number of benzene rings is 2. The Kier molecular flexibility index (Phi) is 6.96. The van der Waals surface area contributed by atoms with E-state index in [0.717, 1.165) is 16.5 Å². The molecule has 0 bridgehead atoms. The number of ether oxygens (including phenoxy) is 1. The fourth-order valence-electron chi connectivity index (χ4n) is 2.62. The fourth-order valence-corrected chi connectivity index (χ4v) is 2.62. The SMILES string of the molecule is COC(=O)[C@H](CCC(=O)O)NC(=O)CCNc1cccc2ccccc12. The van der Waals surface area contributed by atoms with E-state index in [2.05, 4.69) is 15.4 Å². The van der Waals surface area contributed by atoms with Gasteiger partial charge in [0.05, 0.1) is 7.11 Å². The van der Waals surface area contributed by atoms with Crippen LogP contribution in [0.2, 0.25) is 0 Å². The number of aliphatic carboxylic acids is 1. The molecule has 0 heterocycles. The number of esters is 1. The smallest absolute Gasteiger partial charge is 0.328 e. The predicted octanol–water partition coefficient (Wildman–Crippen LogP) is 2.16. The minimum absolute atomic E-state index is 0.00943. The Hall–Kier alpha value is -3.09. The van der Waals surface area contributed by atoms with E-state index in [0.29, 0.717) is 6.54 Å². The molecular formula is C19H22N2O5. The van der Waals surface area contributed by atoms with Gasteiger partial charge in [-0.2, -0.15) is 0 Å². The number of hydrogen-bond donors (Lipinski definition) is 3. The summed E-state index contributed by atoms with van der Waals surface area (Å²) in [5, 5.41) is 16.6. The number of nitrogens with one attached hydrogen (secondary N) is 2. The number of anilines is 1. The number of carbonyl (C=O) groups excluding carboxylic acids is 2. The largest absolute Gasteiger partial charge is 0.481 e. The van der Waals surface area contributed by atoms with Crippen molar-refractivity contribution in [2.24, 2.45) is 0 Å². The Morgan fingerprint density at radius 2 is 1.81 bits per heavy atom. The second-order valence-electron chi connectivity index (χ2n) is 5.78. The molecule has 0 aliphatic rings. The maximum absolute atomic E-state index is 12.1. The van der Waals surface area contributed by atoms with Crippen LogP contribution in [0.1, 0.15) is 19.3 Å². The molecular weight excluding hydrogens is 336 g/mol. The van der Waals surface area contributed by atoms with Crippen molar-refractivity contribution in [3.63, 3.8) is 0 Å². The Bertz CT molecular complexity index is 785. The minimum Gasteiger partial charge on any atom is -0.481 e. The number of rotatable bonds is 9. The molecule has 0 saturated carbocycles. The van der Waals surface area contributed by atoms with Crippen LogP contribution in [0.3, 0.4) is 0 Å². The van der Waals surface area contributed by atoms with Crippen LogP contribution in [0.15, 0.2) is 42.5 Å². The van der Waals surface area contributed by atoms with Crippen LogP contribution in [-0.2, 0) is 19.1 Å². The van der Waals surface area contributed by atoms with E-state index >= 15 is 0 Å². The van der Waals surface area contributed by atoms with Gasteiger partial charge in [-0.05, 0) is 17.9 Å². The summed E-state index contributed by atoms with van der Waals surface area (Å²) in [5.74, 6) is -2.04. The van der Waals surface area contributed by atoms with Crippen LogP contribution < -0.4 is 10.6 Å². The van der Waals surface area contributed by atoms with E-state index in [-0.39, 0.29) is 25.2 Å². The minimum atomic E-state index is -1.04. The highest BCUT2D eigenvalue weighted by Crippen LogP contribution is 2.22. The van der Waals surface area contributed by atoms with Crippen molar-refractivity contribution < 1.29 is 24.2 Å². The van der Waals surface area contributed by atoms with Crippen molar-refractivity contribution in [3.8, 4) is 0 Å². The maximum atomic E-state index is 12.1. The number of fused-ring (bicyclic) bond motifs is 1. The van der Waals surface area contributed by atoms with Gasteiger partial charge in [0.25, 0.3) is 0 Å². The highest BCUT2D eigenvalue weighted by molar-refractivity contribution is 5.94. The van der Waals surface area contributed by atoms with Gasteiger partial charge in [0, 0.05) is 30.5 Å². The van der Waals surface area contributed by atoms with Crippen molar-refractivity contribution in [2.45, 2.75) is 25.3 Å². The zero-order valence-electron chi connectivity index (χ0n) is 14.5. The number of hydrogen-bond acceptors (Lipinski definition) is 5. The molecule has 0 aliphatic carbocycles. The van der Waals surface area contributed by atoms with Crippen molar-refractivity contribution in [1.82, 2.24) is 5.32 Å². The Morgan fingerprint density at radius 3 is 2.54 bits per heavy atom. The van der Waals surface area contributed by atoms with Crippen molar-refractivity contribution in [2.75, 3.05) is 19.0 Å². The third-order valence-electron chi connectivity index (χ3n) is 3.92. The van der Waals surface area contributed by atoms with Gasteiger partial charge in [0.2, 0.25) is 5.91 Å². The summed E-state index contributed by atoms with van der Waals surface area (Å²) in [6.07, 6.45) is -0.0947. The van der Waals surface area contributed by atoms with Gasteiger partial charge in [-0.3, -0.25) is 9.59 Å². The topological polar surface area (TPSA) is 105 Å². The maximum Gasteiger partial charge on any atom is 0.328 e. The zero-order valence-corrected chi connectivity index (χ0v) is 14.5. The summed E-state index contributed by atoms with van der Waals surface area (Å²) in [5.41, 5.74) is 0.922. The molecule has 26 heavy (non-hydrogen) atoms. The highest BCUT2D eigenvalue weighted by atomic mass is 16.5. The molecule has 7 heteroatoms. The molecule has 1 amide bonds. The van der Waals surface area contributed by atoms with Crippen LogP contribution >= 0.6 is 0 Å². The monoisotopic (exact) mass is 358 g/mol. The fraction of sp³-hybridized carbons (Fsp3) is 0.316. The molecule has 7 nitrogen and oxygen atoms in total. The molecule has 0 unspecified atom stereocenters. The summed E-state index contributed by atoms with van der Waals surface area (Å²) in [4.78, 5) is 34.4. The molecule has 1 atom stereocenters.